The lowest BCUT2D eigenvalue weighted by Gasteiger charge is -2.38. The predicted octanol–water partition coefficient (Wildman–Crippen LogP) is 1.12. The number of imide groups is 1. The third-order valence-corrected chi connectivity index (χ3v) is 4.40. The van der Waals surface area contributed by atoms with E-state index in [1.807, 2.05) is 4.90 Å². The summed E-state index contributed by atoms with van der Waals surface area (Å²) in [6.45, 7) is 0.954. The first-order chi connectivity index (χ1) is 10.4. The van der Waals surface area contributed by atoms with Gasteiger partial charge in [-0.15, -0.1) is 0 Å². The highest BCUT2D eigenvalue weighted by atomic mass is 16.6. The number of anilines is 1. The quantitative estimate of drug-likeness (QED) is 0.502. The summed E-state index contributed by atoms with van der Waals surface area (Å²) < 4.78 is 0. The topological polar surface area (TPSA) is 95.8 Å². The molecular weight excluding hydrogens is 288 g/mol. The molecule has 2 aliphatic rings. The predicted molar refractivity (Wildman–Crippen MR) is 78.6 cm³/mol. The van der Waals surface area contributed by atoms with E-state index < -0.39 is 10.5 Å². The summed E-state index contributed by atoms with van der Waals surface area (Å²) in [6, 6.07) is 6.17. The van der Waals surface area contributed by atoms with E-state index in [1.54, 1.807) is 18.2 Å². The number of likely N-dealkylation sites (N-methyl/N-ethyl adjacent to an activating group) is 1. The normalized spacial score (nSPS) is 20.4. The van der Waals surface area contributed by atoms with Crippen molar-refractivity contribution >= 4 is 23.3 Å². The first kappa shape index (κ1) is 14.3. The number of nitrogens with one attached hydrogen (secondary N) is 1. The molecule has 2 fully saturated rings. The maximum Gasteiger partial charge on any atom is 0.324 e. The number of amides is 3. The van der Waals surface area contributed by atoms with Crippen LogP contribution in [-0.4, -0.2) is 47.4 Å². The van der Waals surface area contributed by atoms with Gasteiger partial charge in [0.05, 0.1) is 4.92 Å². The van der Waals surface area contributed by atoms with Gasteiger partial charge in [0.15, 0.2) is 0 Å². The fourth-order valence-electron chi connectivity index (χ4n) is 3.11. The van der Waals surface area contributed by atoms with Crippen LogP contribution in [0.15, 0.2) is 24.3 Å². The molecule has 8 nitrogen and oxygen atoms in total. The fourth-order valence-corrected chi connectivity index (χ4v) is 3.11. The van der Waals surface area contributed by atoms with E-state index in [-0.39, 0.29) is 17.6 Å². The van der Waals surface area contributed by atoms with Gasteiger partial charge in [-0.3, -0.25) is 19.8 Å². The second kappa shape index (κ2) is 4.97. The average Bonchev–Trinajstić information content (AvgIpc) is 2.72. The molecule has 1 spiro atoms. The Kier molecular flexibility index (Phi) is 3.23. The molecule has 22 heavy (non-hydrogen) atoms. The molecule has 0 bridgehead atoms. The maximum atomic E-state index is 12.2. The fraction of sp³-hybridized carbons (Fsp3) is 0.429. The molecule has 0 aliphatic carbocycles. The van der Waals surface area contributed by atoms with Crippen LogP contribution in [0.5, 0.6) is 0 Å². The number of piperidine rings is 1. The number of rotatable bonds is 2. The molecule has 116 valence electrons. The van der Waals surface area contributed by atoms with E-state index in [9.17, 15) is 19.7 Å². The van der Waals surface area contributed by atoms with Crippen LogP contribution < -0.4 is 10.2 Å². The summed E-state index contributed by atoms with van der Waals surface area (Å²) in [5, 5.41) is 13.9. The van der Waals surface area contributed by atoms with Crippen LogP contribution in [-0.2, 0) is 4.79 Å². The van der Waals surface area contributed by atoms with Crippen molar-refractivity contribution in [3.05, 3.63) is 34.4 Å². The summed E-state index contributed by atoms with van der Waals surface area (Å²) in [6.07, 6.45) is 0.877. The van der Waals surface area contributed by atoms with Gasteiger partial charge in [-0.2, -0.15) is 0 Å². The Labute approximate surface area is 126 Å². The number of urea groups is 1. The van der Waals surface area contributed by atoms with E-state index in [4.69, 9.17) is 0 Å². The van der Waals surface area contributed by atoms with Crippen LogP contribution >= 0.6 is 0 Å². The zero-order valence-corrected chi connectivity index (χ0v) is 12.1. The van der Waals surface area contributed by atoms with Crippen LogP contribution in [0.25, 0.3) is 0 Å². The summed E-state index contributed by atoms with van der Waals surface area (Å²) >= 11 is 0. The van der Waals surface area contributed by atoms with Gasteiger partial charge in [-0.25, -0.2) is 4.79 Å². The van der Waals surface area contributed by atoms with Crippen LogP contribution in [0.2, 0.25) is 0 Å². The molecule has 2 aliphatic heterocycles. The monoisotopic (exact) mass is 304 g/mol. The number of nitrogens with zero attached hydrogens (tertiary/aromatic N) is 3. The third kappa shape index (κ3) is 2.07. The van der Waals surface area contributed by atoms with E-state index in [2.05, 4.69) is 5.32 Å². The Bertz CT molecular complexity index is 652. The smallest absolute Gasteiger partial charge is 0.324 e. The largest absolute Gasteiger partial charge is 0.366 e. The third-order valence-electron chi connectivity index (χ3n) is 4.40. The van der Waals surface area contributed by atoms with Gasteiger partial charge in [0.2, 0.25) is 0 Å². The molecule has 3 rings (SSSR count). The Balaban J connectivity index is 1.80. The van der Waals surface area contributed by atoms with Gasteiger partial charge < -0.3 is 10.2 Å². The van der Waals surface area contributed by atoms with Crippen molar-refractivity contribution < 1.29 is 14.5 Å². The van der Waals surface area contributed by atoms with Crippen molar-refractivity contribution in [2.24, 2.45) is 0 Å². The minimum absolute atomic E-state index is 0.0531. The molecule has 1 aromatic rings. The van der Waals surface area contributed by atoms with Gasteiger partial charge >= 0.3 is 6.03 Å². The maximum absolute atomic E-state index is 12.2. The molecule has 0 atom stereocenters. The van der Waals surface area contributed by atoms with Gasteiger partial charge in [-0.1, -0.05) is 12.1 Å². The molecule has 0 radical (unpaired) electrons. The molecule has 0 aromatic heterocycles. The minimum Gasteiger partial charge on any atom is -0.366 e. The number of benzene rings is 1. The number of nitro groups is 1. The lowest BCUT2D eigenvalue weighted by molar-refractivity contribution is -0.384. The molecule has 2 saturated heterocycles. The van der Waals surface area contributed by atoms with E-state index in [1.165, 1.54) is 13.1 Å². The highest BCUT2D eigenvalue weighted by molar-refractivity contribution is 6.06. The number of para-hydroxylation sites is 2. The molecule has 1 aromatic carbocycles. The summed E-state index contributed by atoms with van der Waals surface area (Å²) in [4.78, 5) is 37.6. The number of nitro benzene ring substituents is 1. The minimum atomic E-state index is -0.855. The summed E-state index contributed by atoms with van der Waals surface area (Å²) in [5.74, 6) is -0.222. The van der Waals surface area contributed by atoms with Gasteiger partial charge in [-0.05, 0) is 18.9 Å². The van der Waals surface area contributed by atoms with Crippen LogP contribution in [0.1, 0.15) is 12.8 Å². The van der Waals surface area contributed by atoms with Crippen molar-refractivity contribution in [2.75, 3.05) is 25.0 Å². The van der Waals surface area contributed by atoms with Crippen LogP contribution in [0.4, 0.5) is 16.2 Å². The van der Waals surface area contributed by atoms with E-state index in [0.717, 1.165) is 4.90 Å². The average molecular weight is 304 g/mol. The lowest BCUT2D eigenvalue weighted by atomic mass is 9.87. The van der Waals surface area contributed by atoms with Crippen molar-refractivity contribution in [1.29, 1.82) is 0 Å². The second-order valence-electron chi connectivity index (χ2n) is 5.61. The Morgan fingerprint density at radius 3 is 2.41 bits per heavy atom. The molecule has 0 saturated carbocycles. The van der Waals surface area contributed by atoms with Crippen molar-refractivity contribution in [2.45, 2.75) is 18.4 Å². The zero-order chi connectivity index (χ0) is 15.9. The zero-order valence-electron chi connectivity index (χ0n) is 12.1. The Morgan fingerprint density at radius 1 is 1.23 bits per heavy atom. The van der Waals surface area contributed by atoms with Gasteiger partial charge in [0, 0.05) is 26.2 Å². The number of hydrogen-bond donors (Lipinski definition) is 1. The standard InChI is InChI=1S/C14H16N4O4/c1-16-12(19)14(15-13(16)20)6-8-17(9-7-14)10-4-2-3-5-11(10)18(21)22/h2-5H,6-9H2,1H3,(H,15,20). The van der Waals surface area contributed by atoms with Gasteiger partial charge in [0.25, 0.3) is 11.6 Å². The second-order valence-corrected chi connectivity index (χ2v) is 5.61. The number of hydrogen-bond acceptors (Lipinski definition) is 5. The molecule has 1 N–H and O–H groups in total. The van der Waals surface area contributed by atoms with Crippen LogP contribution in [0.3, 0.4) is 0 Å². The Hall–Kier alpha value is -2.64. The Morgan fingerprint density at radius 2 is 1.86 bits per heavy atom. The van der Waals surface area contributed by atoms with Gasteiger partial charge in [0.1, 0.15) is 11.2 Å². The number of carbonyl (C=O) groups excluding carboxylic acids is 2. The molecule has 0 unspecified atom stereocenters. The van der Waals surface area contributed by atoms with E-state index in [0.29, 0.717) is 31.6 Å². The number of carbonyl (C=O) groups is 2. The van der Waals surface area contributed by atoms with Crippen molar-refractivity contribution in [3.63, 3.8) is 0 Å². The summed E-state index contributed by atoms with van der Waals surface area (Å²) in [7, 11) is 1.46. The molecule has 3 amide bonds. The highest BCUT2D eigenvalue weighted by Crippen LogP contribution is 2.34. The van der Waals surface area contributed by atoms with Crippen LogP contribution in [0, 0.1) is 10.1 Å². The molecule has 2 heterocycles. The van der Waals surface area contributed by atoms with E-state index >= 15 is 0 Å². The molecule has 8 heteroatoms. The SMILES string of the molecule is CN1C(=O)NC2(CCN(c3ccccc3[N+](=O)[O-])CC2)C1=O. The lowest BCUT2D eigenvalue weighted by Crippen LogP contribution is -2.55. The summed E-state index contributed by atoms with van der Waals surface area (Å²) in [5.41, 5.74) is -0.254. The molecular formula is C14H16N4O4. The first-order valence-corrected chi connectivity index (χ1v) is 7.03. The van der Waals surface area contributed by atoms with Crippen molar-refractivity contribution in [3.8, 4) is 0 Å². The first-order valence-electron chi connectivity index (χ1n) is 7.03. The van der Waals surface area contributed by atoms with Crippen molar-refractivity contribution in [1.82, 2.24) is 10.2 Å². The highest BCUT2D eigenvalue weighted by Gasteiger charge is 2.51.